The van der Waals surface area contributed by atoms with Crippen molar-refractivity contribution in [2.75, 3.05) is 0 Å². The lowest BCUT2D eigenvalue weighted by atomic mass is 10.0. The maximum absolute atomic E-state index is 6.36. The van der Waals surface area contributed by atoms with Crippen LogP contribution in [-0.2, 0) is 6.42 Å². The molecule has 0 N–H and O–H groups in total. The average molecular weight is 430 g/mol. The Labute approximate surface area is 189 Å². The molecular weight excluding hydrogens is 406 g/mol. The Balaban J connectivity index is 1.72. The summed E-state index contributed by atoms with van der Waals surface area (Å²) in [6.45, 7) is 4.20. The highest BCUT2D eigenvalue weighted by molar-refractivity contribution is 7.78. The molecule has 0 saturated carbocycles. The van der Waals surface area contributed by atoms with Crippen molar-refractivity contribution in [1.82, 2.24) is 0 Å². The van der Waals surface area contributed by atoms with Gasteiger partial charge in [0.05, 0.1) is 15.9 Å². The molecule has 0 radical (unpaired) electrons. The van der Waals surface area contributed by atoms with Gasteiger partial charge in [-0.25, -0.2) is 0 Å². The molecular formula is C27H24ClNS. The fourth-order valence-electron chi connectivity index (χ4n) is 3.31. The summed E-state index contributed by atoms with van der Waals surface area (Å²) in [4.78, 5) is 4.05. The second-order valence-electron chi connectivity index (χ2n) is 7.31. The number of benzene rings is 3. The Morgan fingerprint density at radius 3 is 2.07 bits per heavy atom. The number of aliphatic imine (C=N–C) groups is 1. The first-order valence-electron chi connectivity index (χ1n) is 10.2. The Hall–Kier alpha value is -2.69. The van der Waals surface area contributed by atoms with Gasteiger partial charge in [0.25, 0.3) is 0 Å². The van der Waals surface area contributed by atoms with Crippen molar-refractivity contribution in [3.8, 4) is 23.0 Å². The number of nitrogens with zero attached hydrogens (tertiary/aromatic N) is 1. The van der Waals surface area contributed by atoms with Gasteiger partial charge in [-0.1, -0.05) is 67.5 Å². The molecule has 0 saturated heterocycles. The lowest BCUT2D eigenvalue weighted by molar-refractivity contribution is 0.717. The van der Waals surface area contributed by atoms with E-state index in [0.29, 0.717) is 10.7 Å². The van der Waals surface area contributed by atoms with Gasteiger partial charge in [0.15, 0.2) is 0 Å². The van der Waals surface area contributed by atoms with Crippen LogP contribution in [-0.4, -0.2) is 5.16 Å². The molecule has 0 aliphatic heterocycles. The molecule has 3 aromatic rings. The standard InChI is InChI=1S/C27H24ClNS/c1-3-4-5-6-21-7-9-22(10-8-21)11-12-23-13-15-24(16-14-23)25-17-20(2)27(29-19-30)26(28)18-25/h7-10,13-18H,3-6H2,1-2H3. The molecule has 0 heterocycles. The Kier molecular flexibility index (Phi) is 8.00. The van der Waals surface area contributed by atoms with Crippen LogP contribution in [0.2, 0.25) is 5.02 Å². The highest BCUT2D eigenvalue weighted by atomic mass is 35.5. The van der Waals surface area contributed by atoms with Crippen molar-refractivity contribution in [3.05, 3.63) is 87.9 Å². The van der Waals surface area contributed by atoms with Crippen molar-refractivity contribution in [2.45, 2.75) is 39.5 Å². The minimum Gasteiger partial charge on any atom is -0.193 e. The Bertz CT molecular complexity index is 1090. The molecule has 3 rings (SSSR count). The van der Waals surface area contributed by atoms with Crippen LogP contribution in [0.4, 0.5) is 5.69 Å². The monoisotopic (exact) mass is 429 g/mol. The highest BCUT2D eigenvalue weighted by Gasteiger charge is 2.07. The molecule has 150 valence electrons. The van der Waals surface area contributed by atoms with E-state index in [9.17, 15) is 0 Å². The fraction of sp³-hybridized carbons (Fsp3) is 0.222. The predicted octanol–water partition coefficient (Wildman–Crippen LogP) is 8.18. The van der Waals surface area contributed by atoms with Gasteiger partial charge in [-0.15, -0.1) is 0 Å². The van der Waals surface area contributed by atoms with Crippen molar-refractivity contribution >= 4 is 34.7 Å². The molecule has 0 fully saturated rings. The molecule has 0 atom stereocenters. The van der Waals surface area contributed by atoms with E-state index in [4.69, 9.17) is 23.8 Å². The van der Waals surface area contributed by atoms with Crippen LogP contribution in [0.25, 0.3) is 11.1 Å². The van der Waals surface area contributed by atoms with Crippen molar-refractivity contribution in [2.24, 2.45) is 4.99 Å². The Morgan fingerprint density at radius 2 is 1.50 bits per heavy atom. The molecule has 0 aliphatic carbocycles. The maximum Gasteiger partial charge on any atom is 0.0955 e. The van der Waals surface area contributed by atoms with E-state index in [1.807, 2.05) is 25.1 Å². The van der Waals surface area contributed by atoms with Crippen LogP contribution in [0.5, 0.6) is 0 Å². The predicted molar refractivity (Wildman–Crippen MR) is 132 cm³/mol. The van der Waals surface area contributed by atoms with Crippen molar-refractivity contribution < 1.29 is 0 Å². The van der Waals surface area contributed by atoms with Crippen LogP contribution < -0.4 is 0 Å². The number of isothiocyanates is 1. The first-order chi connectivity index (χ1) is 14.6. The van der Waals surface area contributed by atoms with Crippen LogP contribution in [0.1, 0.15) is 48.4 Å². The van der Waals surface area contributed by atoms with Crippen LogP contribution in [0.3, 0.4) is 0 Å². The van der Waals surface area contributed by atoms with E-state index in [2.05, 4.69) is 71.4 Å². The van der Waals surface area contributed by atoms with Gasteiger partial charge in [0, 0.05) is 11.1 Å². The van der Waals surface area contributed by atoms with Crippen molar-refractivity contribution in [3.63, 3.8) is 0 Å². The number of halogens is 1. The van der Waals surface area contributed by atoms with Gasteiger partial charge >= 0.3 is 0 Å². The largest absolute Gasteiger partial charge is 0.193 e. The fourth-order valence-corrected chi connectivity index (χ4v) is 3.71. The Morgan fingerprint density at radius 1 is 0.867 bits per heavy atom. The van der Waals surface area contributed by atoms with Gasteiger partial charge in [-0.3, -0.25) is 0 Å². The topological polar surface area (TPSA) is 12.4 Å². The van der Waals surface area contributed by atoms with Gasteiger partial charge in [0.2, 0.25) is 0 Å². The summed E-state index contributed by atoms with van der Waals surface area (Å²) >= 11 is 11.0. The zero-order valence-corrected chi connectivity index (χ0v) is 18.9. The van der Waals surface area contributed by atoms with Crippen LogP contribution >= 0.6 is 23.8 Å². The molecule has 1 nitrogen and oxygen atoms in total. The summed E-state index contributed by atoms with van der Waals surface area (Å²) in [5, 5.41) is 2.96. The molecule has 0 aliphatic rings. The SMILES string of the molecule is CCCCCc1ccc(C#Cc2ccc(-c3cc(C)c(N=C=S)c(Cl)c3)cc2)cc1. The normalized spacial score (nSPS) is 10.1. The summed E-state index contributed by atoms with van der Waals surface area (Å²) in [5.41, 5.74) is 7.17. The molecule has 0 bridgehead atoms. The number of unbranched alkanes of at least 4 members (excludes halogenated alkanes) is 2. The molecule has 0 aromatic heterocycles. The third kappa shape index (κ3) is 5.91. The van der Waals surface area contributed by atoms with Gasteiger partial charge in [-0.05, 0) is 90.6 Å². The average Bonchev–Trinajstić information content (AvgIpc) is 2.76. The summed E-state index contributed by atoms with van der Waals surface area (Å²) in [6.07, 6.45) is 4.93. The zero-order valence-electron chi connectivity index (χ0n) is 17.3. The van der Waals surface area contributed by atoms with Crippen molar-refractivity contribution in [1.29, 1.82) is 0 Å². The smallest absolute Gasteiger partial charge is 0.0955 e. The number of hydrogen-bond acceptors (Lipinski definition) is 2. The minimum atomic E-state index is 0.573. The molecule has 0 spiro atoms. The van der Waals surface area contributed by atoms with E-state index >= 15 is 0 Å². The van der Waals surface area contributed by atoms with E-state index in [1.165, 1.54) is 24.8 Å². The summed E-state index contributed by atoms with van der Waals surface area (Å²) in [6, 6.07) is 20.8. The number of thiocarbonyl (C=S) groups is 1. The van der Waals surface area contributed by atoms with Crippen LogP contribution in [0, 0.1) is 18.8 Å². The quantitative estimate of drug-likeness (QED) is 0.166. The molecule has 30 heavy (non-hydrogen) atoms. The second-order valence-corrected chi connectivity index (χ2v) is 7.90. The first-order valence-corrected chi connectivity index (χ1v) is 11.0. The number of aryl methyl sites for hydroxylation is 2. The number of hydrogen-bond donors (Lipinski definition) is 0. The van der Waals surface area contributed by atoms with Crippen LogP contribution in [0.15, 0.2) is 65.7 Å². The lowest BCUT2D eigenvalue weighted by Gasteiger charge is -2.07. The van der Waals surface area contributed by atoms with E-state index in [-0.39, 0.29) is 0 Å². The molecule has 0 unspecified atom stereocenters. The molecule has 0 amide bonds. The molecule has 3 heteroatoms. The lowest BCUT2D eigenvalue weighted by Crippen LogP contribution is -1.86. The van der Waals surface area contributed by atoms with E-state index in [1.54, 1.807) is 0 Å². The first kappa shape index (κ1) is 22.0. The minimum absolute atomic E-state index is 0.573. The van der Waals surface area contributed by atoms with Gasteiger partial charge < -0.3 is 0 Å². The third-order valence-electron chi connectivity index (χ3n) is 5.00. The van der Waals surface area contributed by atoms with E-state index in [0.717, 1.165) is 34.2 Å². The number of rotatable bonds is 6. The maximum atomic E-state index is 6.36. The molecule has 3 aromatic carbocycles. The second kappa shape index (κ2) is 10.9. The third-order valence-corrected chi connectivity index (χ3v) is 5.38. The van der Waals surface area contributed by atoms with Gasteiger partial charge in [0.1, 0.15) is 0 Å². The highest BCUT2D eigenvalue weighted by Crippen LogP contribution is 2.34. The summed E-state index contributed by atoms with van der Waals surface area (Å²) < 4.78 is 0. The van der Waals surface area contributed by atoms with Gasteiger partial charge in [-0.2, -0.15) is 4.99 Å². The summed E-state index contributed by atoms with van der Waals surface area (Å²) in [5.74, 6) is 6.50. The zero-order chi connectivity index (χ0) is 21.3. The summed E-state index contributed by atoms with van der Waals surface area (Å²) in [7, 11) is 0. The van der Waals surface area contributed by atoms with E-state index < -0.39 is 0 Å².